The minimum atomic E-state index is -0.226. The van der Waals surface area contributed by atoms with Gasteiger partial charge in [-0.2, -0.15) is 0 Å². The van der Waals surface area contributed by atoms with E-state index in [2.05, 4.69) is 40.4 Å². The van der Waals surface area contributed by atoms with Crippen molar-refractivity contribution in [2.45, 2.75) is 32.2 Å². The van der Waals surface area contributed by atoms with E-state index in [1.807, 2.05) is 0 Å². The number of rotatable bonds is 2. The molecule has 16 heavy (non-hydrogen) atoms. The van der Waals surface area contributed by atoms with Crippen LogP contribution in [0, 0.1) is 5.82 Å². The highest BCUT2D eigenvalue weighted by Gasteiger charge is 2.30. The van der Waals surface area contributed by atoms with Crippen molar-refractivity contribution in [1.82, 2.24) is 0 Å². The number of nitrogens with one attached hydrogen (secondary N) is 2. The van der Waals surface area contributed by atoms with Gasteiger partial charge in [-0.3, -0.25) is 0 Å². The molecule has 4 heteroatoms. The third kappa shape index (κ3) is 1.90. The predicted octanol–water partition coefficient (Wildman–Crippen LogP) is 3.98. The largest absolute Gasteiger partial charge is 0.381 e. The Morgan fingerprint density at radius 1 is 1.31 bits per heavy atom. The predicted molar refractivity (Wildman–Crippen MR) is 69.5 cm³/mol. The molecule has 0 radical (unpaired) electrons. The van der Waals surface area contributed by atoms with E-state index in [9.17, 15) is 4.39 Å². The van der Waals surface area contributed by atoms with Crippen LogP contribution in [-0.2, 0) is 0 Å². The van der Waals surface area contributed by atoms with Crippen molar-refractivity contribution in [3.63, 3.8) is 0 Å². The average molecular weight is 287 g/mol. The van der Waals surface area contributed by atoms with Gasteiger partial charge in [-0.1, -0.05) is 13.8 Å². The zero-order valence-corrected chi connectivity index (χ0v) is 11.1. The van der Waals surface area contributed by atoms with E-state index < -0.39 is 0 Å². The number of halogens is 2. The molecule has 1 aliphatic heterocycles. The lowest BCUT2D eigenvalue weighted by atomic mass is 9.90. The van der Waals surface area contributed by atoms with Gasteiger partial charge in [0.1, 0.15) is 5.82 Å². The minimum absolute atomic E-state index is 0.0489. The van der Waals surface area contributed by atoms with E-state index in [0.29, 0.717) is 4.47 Å². The third-order valence-corrected chi connectivity index (χ3v) is 4.04. The molecule has 0 saturated heterocycles. The second-order valence-electron chi connectivity index (χ2n) is 4.28. The molecule has 2 nitrogen and oxygen atoms in total. The molecule has 0 spiro atoms. The highest BCUT2D eigenvalue weighted by molar-refractivity contribution is 9.10. The van der Waals surface area contributed by atoms with E-state index in [-0.39, 0.29) is 11.4 Å². The van der Waals surface area contributed by atoms with Crippen LogP contribution in [0.15, 0.2) is 16.6 Å². The van der Waals surface area contributed by atoms with Gasteiger partial charge in [0.05, 0.1) is 21.4 Å². The molecular formula is C12H16BrFN2. The van der Waals surface area contributed by atoms with Crippen molar-refractivity contribution < 1.29 is 4.39 Å². The number of benzene rings is 1. The standard InChI is InChI=1S/C12H16BrFN2/c1-3-12(4-2)7-15-10-5-8(13)9(14)6-11(10)16-12/h5-6,15-16H,3-4,7H2,1-2H3. The lowest BCUT2D eigenvalue weighted by molar-refractivity contribution is 0.450. The van der Waals surface area contributed by atoms with E-state index in [1.165, 1.54) is 0 Å². The molecule has 0 aliphatic carbocycles. The molecule has 0 unspecified atom stereocenters. The van der Waals surface area contributed by atoms with E-state index in [1.54, 1.807) is 12.1 Å². The molecule has 0 aromatic heterocycles. The Kier molecular flexibility index (Phi) is 3.10. The van der Waals surface area contributed by atoms with E-state index in [0.717, 1.165) is 30.8 Å². The number of hydrogen-bond acceptors (Lipinski definition) is 2. The summed E-state index contributed by atoms with van der Waals surface area (Å²) >= 11 is 3.19. The summed E-state index contributed by atoms with van der Waals surface area (Å²) in [6.07, 6.45) is 2.04. The topological polar surface area (TPSA) is 24.1 Å². The maximum Gasteiger partial charge on any atom is 0.139 e. The summed E-state index contributed by atoms with van der Waals surface area (Å²) in [5, 5.41) is 6.82. The molecule has 0 saturated carbocycles. The maximum absolute atomic E-state index is 13.5. The Labute approximate surface area is 104 Å². The molecular weight excluding hydrogens is 271 g/mol. The number of fused-ring (bicyclic) bond motifs is 1. The Balaban J connectivity index is 2.36. The molecule has 0 amide bonds. The monoisotopic (exact) mass is 286 g/mol. The van der Waals surface area contributed by atoms with Crippen LogP contribution in [0.2, 0.25) is 0 Å². The van der Waals surface area contributed by atoms with E-state index >= 15 is 0 Å². The summed E-state index contributed by atoms with van der Waals surface area (Å²) in [4.78, 5) is 0. The number of hydrogen-bond donors (Lipinski definition) is 2. The molecule has 1 aromatic rings. The molecule has 1 heterocycles. The van der Waals surface area contributed by atoms with Gasteiger partial charge in [0.15, 0.2) is 0 Å². The zero-order valence-electron chi connectivity index (χ0n) is 9.53. The van der Waals surface area contributed by atoms with Crippen molar-refractivity contribution >= 4 is 27.3 Å². The van der Waals surface area contributed by atoms with Gasteiger partial charge in [0.2, 0.25) is 0 Å². The first-order valence-corrected chi connectivity index (χ1v) is 6.40. The lowest BCUT2D eigenvalue weighted by Crippen LogP contribution is -2.46. The third-order valence-electron chi connectivity index (χ3n) is 3.43. The Morgan fingerprint density at radius 3 is 2.62 bits per heavy atom. The molecule has 0 fully saturated rings. The lowest BCUT2D eigenvalue weighted by Gasteiger charge is -2.39. The Hall–Kier alpha value is -0.770. The minimum Gasteiger partial charge on any atom is -0.381 e. The summed E-state index contributed by atoms with van der Waals surface area (Å²) in [5.41, 5.74) is 1.87. The van der Waals surface area contributed by atoms with Crippen LogP contribution in [0.4, 0.5) is 15.8 Å². The Morgan fingerprint density at radius 2 is 2.00 bits per heavy atom. The molecule has 2 N–H and O–H groups in total. The Bertz CT molecular complexity index is 402. The van der Waals surface area contributed by atoms with Crippen LogP contribution >= 0.6 is 15.9 Å². The first-order chi connectivity index (χ1) is 7.60. The van der Waals surface area contributed by atoms with Gasteiger partial charge in [-0.15, -0.1) is 0 Å². The van der Waals surface area contributed by atoms with Crippen molar-refractivity contribution in [3.8, 4) is 0 Å². The maximum atomic E-state index is 13.5. The van der Waals surface area contributed by atoms with Crippen LogP contribution in [0.3, 0.4) is 0 Å². The first kappa shape index (κ1) is 11.7. The van der Waals surface area contributed by atoms with Gasteiger partial charge in [-0.25, -0.2) is 4.39 Å². The zero-order chi connectivity index (χ0) is 11.8. The van der Waals surface area contributed by atoms with Crippen LogP contribution in [0.25, 0.3) is 0 Å². The molecule has 1 aromatic carbocycles. The second-order valence-corrected chi connectivity index (χ2v) is 5.13. The molecule has 2 rings (SSSR count). The first-order valence-electron chi connectivity index (χ1n) is 5.61. The highest BCUT2D eigenvalue weighted by Crippen LogP contribution is 2.36. The molecule has 0 bridgehead atoms. The van der Waals surface area contributed by atoms with Gasteiger partial charge in [0.25, 0.3) is 0 Å². The number of anilines is 2. The molecule has 1 aliphatic rings. The van der Waals surface area contributed by atoms with Crippen LogP contribution < -0.4 is 10.6 Å². The smallest absolute Gasteiger partial charge is 0.139 e. The van der Waals surface area contributed by atoms with Gasteiger partial charge < -0.3 is 10.6 Å². The molecule has 88 valence electrons. The summed E-state index contributed by atoms with van der Waals surface area (Å²) in [6, 6.07) is 3.33. The van der Waals surface area contributed by atoms with Crippen LogP contribution in [0.5, 0.6) is 0 Å². The van der Waals surface area contributed by atoms with Crippen molar-refractivity contribution in [2.24, 2.45) is 0 Å². The fraction of sp³-hybridized carbons (Fsp3) is 0.500. The summed E-state index contributed by atoms with van der Waals surface area (Å²) in [5.74, 6) is -0.226. The fourth-order valence-corrected chi connectivity index (χ4v) is 2.41. The average Bonchev–Trinajstić information content (AvgIpc) is 2.30. The normalized spacial score (nSPS) is 17.2. The van der Waals surface area contributed by atoms with Crippen LogP contribution in [0.1, 0.15) is 26.7 Å². The summed E-state index contributed by atoms with van der Waals surface area (Å²) in [6.45, 7) is 5.18. The quantitative estimate of drug-likeness (QED) is 0.859. The van der Waals surface area contributed by atoms with Gasteiger partial charge in [0, 0.05) is 12.6 Å². The highest BCUT2D eigenvalue weighted by atomic mass is 79.9. The second kappa shape index (κ2) is 4.24. The SMILES string of the molecule is CCC1(CC)CNc2cc(Br)c(F)cc2N1. The van der Waals surface area contributed by atoms with Crippen molar-refractivity contribution in [1.29, 1.82) is 0 Å². The van der Waals surface area contributed by atoms with Gasteiger partial charge in [-0.05, 0) is 34.8 Å². The van der Waals surface area contributed by atoms with Crippen molar-refractivity contribution in [3.05, 3.63) is 22.4 Å². The van der Waals surface area contributed by atoms with Crippen molar-refractivity contribution in [2.75, 3.05) is 17.2 Å². The van der Waals surface area contributed by atoms with E-state index in [4.69, 9.17) is 0 Å². The molecule has 0 atom stereocenters. The summed E-state index contributed by atoms with van der Waals surface area (Å²) < 4.78 is 14.0. The van der Waals surface area contributed by atoms with Gasteiger partial charge >= 0.3 is 0 Å². The fourth-order valence-electron chi connectivity index (χ4n) is 2.07. The summed E-state index contributed by atoms with van der Waals surface area (Å²) in [7, 11) is 0. The van der Waals surface area contributed by atoms with Crippen LogP contribution in [-0.4, -0.2) is 12.1 Å².